The van der Waals surface area contributed by atoms with Gasteiger partial charge in [-0.25, -0.2) is 4.39 Å². The van der Waals surface area contributed by atoms with E-state index in [0.717, 1.165) is 19.1 Å². The first-order chi connectivity index (χ1) is 9.63. The molecule has 1 saturated carbocycles. The minimum atomic E-state index is -0.431. The van der Waals surface area contributed by atoms with Crippen molar-refractivity contribution in [3.8, 4) is 0 Å². The van der Waals surface area contributed by atoms with Crippen LogP contribution in [0.15, 0.2) is 37.1 Å². The number of ketones is 1. The average molecular weight is 276 g/mol. The van der Waals surface area contributed by atoms with Crippen LogP contribution in [0.4, 0.5) is 4.39 Å². The highest BCUT2D eigenvalue weighted by atomic mass is 19.1. The van der Waals surface area contributed by atoms with Gasteiger partial charge in [0.2, 0.25) is 0 Å². The van der Waals surface area contributed by atoms with Crippen LogP contribution in [0, 0.1) is 17.7 Å². The van der Waals surface area contributed by atoms with Gasteiger partial charge in [0.25, 0.3) is 0 Å². The largest absolute Gasteiger partial charge is 0.435 e. The summed E-state index contributed by atoms with van der Waals surface area (Å²) in [5.74, 6) is -1.72. The number of carbonyl (C=O) groups excluding carboxylic acids is 2. The van der Waals surface area contributed by atoms with Gasteiger partial charge in [0.05, 0.1) is 12.2 Å². The number of Topliss-reactive ketones (excluding diaryl/α,β-unsaturated/α-hetero) is 1. The van der Waals surface area contributed by atoms with Crippen LogP contribution in [-0.4, -0.2) is 11.8 Å². The van der Waals surface area contributed by atoms with E-state index in [0.29, 0.717) is 18.4 Å². The van der Waals surface area contributed by atoms with Crippen molar-refractivity contribution >= 4 is 11.8 Å². The zero-order chi connectivity index (χ0) is 14.5. The van der Waals surface area contributed by atoms with Crippen molar-refractivity contribution in [3.05, 3.63) is 48.5 Å². The molecule has 0 heterocycles. The van der Waals surface area contributed by atoms with Gasteiger partial charge < -0.3 is 4.74 Å². The van der Waals surface area contributed by atoms with E-state index in [2.05, 4.69) is 6.58 Å². The van der Waals surface area contributed by atoms with Crippen LogP contribution in [-0.2, 0) is 9.53 Å². The van der Waals surface area contributed by atoms with E-state index in [1.165, 1.54) is 24.3 Å². The fourth-order valence-electron chi connectivity index (χ4n) is 2.72. The summed E-state index contributed by atoms with van der Waals surface area (Å²) in [7, 11) is 0. The van der Waals surface area contributed by atoms with Crippen LogP contribution in [0.1, 0.15) is 36.0 Å². The summed E-state index contributed by atoms with van der Waals surface area (Å²) >= 11 is 0. The molecule has 3 nitrogen and oxygen atoms in total. The van der Waals surface area contributed by atoms with Crippen molar-refractivity contribution in [2.45, 2.75) is 25.7 Å². The Morgan fingerprint density at radius 3 is 2.35 bits per heavy atom. The molecule has 2 rings (SSSR count). The summed E-state index contributed by atoms with van der Waals surface area (Å²) in [4.78, 5) is 24.4. The maximum Gasteiger partial charge on any atom is 0.314 e. The van der Waals surface area contributed by atoms with Crippen LogP contribution < -0.4 is 0 Å². The molecule has 0 radical (unpaired) electrons. The van der Waals surface area contributed by atoms with Crippen LogP contribution in [0.3, 0.4) is 0 Å². The van der Waals surface area contributed by atoms with Gasteiger partial charge in [-0.15, -0.1) is 0 Å². The molecule has 1 aromatic carbocycles. The predicted octanol–water partition coefficient (Wildman–Crippen LogP) is 3.50. The minimum absolute atomic E-state index is 0.115. The van der Waals surface area contributed by atoms with Gasteiger partial charge in [-0.2, -0.15) is 0 Å². The third-order valence-electron chi connectivity index (χ3n) is 3.73. The number of halogens is 1. The smallest absolute Gasteiger partial charge is 0.314 e. The number of benzene rings is 1. The van der Waals surface area contributed by atoms with Gasteiger partial charge in [-0.3, -0.25) is 9.59 Å². The van der Waals surface area contributed by atoms with Crippen molar-refractivity contribution in [2.24, 2.45) is 11.8 Å². The van der Waals surface area contributed by atoms with Gasteiger partial charge in [-0.1, -0.05) is 19.4 Å². The number of carbonyl (C=O) groups is 2. The lowest BCUT2D eigenvalue weighted by Crippen LogP contribution is -2.33. The molecular weight excluding hydrogens is 259 g/mol. The van der Waals surface area contributed by atoms with E-state index in [1.807, 2.05) is 0 Å². The fourth-order valence-corrected chi connectivity index (χ4v) is 2.72. The zero-order valence-electron chi connectivity index (χ0n) is 11.2. The molecule has 1 fully saturated rings. The topological polar surface area (TPSA) is 43.4 Å². The Bertz CT molecular complexity index is 507. The second kappa shape index (κ2) is 6.46. The van der Waals surface area contributed by atoms with E-state index in [4.69, 9.17) is 4.74 Å². The third-order valence-corrected chi connectivity index (χ3v) is 3.73. The number of hydrogen-bond acceptors (Lipinski definition) is 3. The second-order valence-corrected chi connectivity index (χ2v) is 4.97. The molecule has 20 heavy (non-hydrogen) atoms. The van der Waals surface area contributed by atoms with Crippen molar-refractivity contribution in [2.75, 3.05) is 0 Å². The Morgan fingerprint density at radius 2 is 1.75 bits per heavy atom. The van der Waals surface area contributed by atoms with Gasteiger partial charge in [0.15, 0.2) is 5.78 Å². The molecule has 1 aromatic rings. The van der Waals surface area contributed by atoms with Crippen molar-refractivity contribution in [1.82, 2.24) is 0 Å². The van der Waals surface area contributed by atoms with E-state index in [-0.39, 0.29) is 17.5 Å². The Morgan fingerprint density at radius 1 is 1.15 bits per heavy atom. The summed E-state index contributed by atoms with van der Waals surface area (Å²) in [5.41, 5.74) is 0.440. The molecule has 0 aliphatic heterocycles. The number of hydrogen-bond donors (Lipinski definition) is 0. The Labute approximate surface area is 117 Å². The highest BCUT2D eigenvalue weighted by Crippen LogP contribution is 2.33. The second-order valence-electron chi connectivity index (χ2n) is 4.97. The maximum absolute atomic E-state index is 12.9. The third kappa shape index (κ3) is 3.13. The summed E-state index contributed by atoms with van der Waals surface area (Å²) in [6, 6.07) is 5.44. The molecule has 1 aliphatic carbocycles. The lowest BCUT2D eigenvalue weighted by molar-refractivity contribution is -0.145. The maximum atomic E-state index is 12.9. The van der Waals surface area contributed by atoms with Crippen molar-refractivity contribution in [1.29, 1.82) is 0 Å². The molecule has 0 spiro atoms. The van der Waals surface area contributed by atoms with Gasteiger partial charge >= 0.3 is 5.97 Å². The molecular formula is C16H17FO3. The molecule has 0 aromatic heterocycles. The predicted molar refractivity (Wildman–Crippen MR) is 72.5 cm³/mol. The highest BCUT2D eigenvalue weighted by Gasteiger charge is 2.36. The molecule has 2 atom stereocenters. The molecule has 0 bridgehead atoms. The quantitative estimate of drug-likeness (QED) is 0.480. The van der Waals surface area contributed by atoms with E-state index in [1.54, 1.807) is 0 Å². The monoisotopic (exact) mass is 276 g/mol. The van der Waals surface area contributed by atoms with Gasteiger partial charge in [0.1, 0.15) is 5.82 Å². The van der Waals surface area contributed by atoms with E-state index in [9.17, 15) is 14.0 Å². The molecule has 0 saturated heterocycles. The molecule has 0 N–H and O–H groups in total. The molecule has 1 aliphatic rings. The van der Waals surface area contributed by atoms with Crippen molar-refractivity contribution in [3.63, 3.8) is 0 Å². The molecule has 0 amide bonds. The average Bonchev–Trinajstić information content (AvgIpc) is 2.47. The fraction of sp³-hybridized carbons (Fsp3) is 0.375. The van der Waals surface area contributed by atoms with Gasteiger partial charge in [0, 0.05) is 11.5 Å². The number of rotatable bonds is 4. The first-order valence-electron chi connectivity index (χ1n) is 6.74. The van der Waals surface area contributed by atoms with Crippen LogP contribution >= 0.6 is 0 Å². The summed E-state index contributed by atoms with van der Waals surface area (Å²) < 4.78 is 17.7. The molecule has 0 unspecified atom stereocenters. The minimum Gasteiger partial charge on any atom is -0.435 e. The number of esters is 1. The Balaban J connectivity index is 2.18. The number of ether oxygens (including phenoxy) is 1. The normalized spacial score (nSPS) is 22.1. The first kappa shape index (κ1) is 14.4. The SMILES string of the molecule is C=COC(=O)[C@@H]1CCCC[C@H]1C(=O)c1ccc(F)cc1. The Kier molecular flexibility index (Phi) is 4.66. The molecule has 4 heteroatoms. The lowest BCUT2D eigenvalue weighted by atomic mass is 9.75. The highest BCUT2D eigenvalue weighted by molar-refractivity contribution is 6.00. The van der Waals surface area contributed by atoms with E-state index >= 15 is 0 Å². The standard InChI is InChI=1S/C16H17FO3/c1-2-20-16(19)14-6-4-3-5-13(14)15(18)11-7-9-12(17)10-8-11/h2,7-10,13-14H,1,3-6H2/t13-,14-/m1/s1. The summed E-state index contributed by atoms with van der Waals surface area (Å²) in [6.07, 6.45) is 4.22. The van der Waals surface area contributed by atoms with Crippen LogP contribution in [0.2, 0.25) is 0 Å². The first-order valence-corrected chi connectivity index (χ1v) is 6.74. The van der Waals surface area contributed by atoms with Crippen LogP contribution in [0.5, 0.6) is 0 Å². The summed E-state index contributed by atoms with van der Waals surface area (Å²) in [6.45, 7) is 3.36. The molecule has 106 valence electrons. The van der Waals surface area contributed by atoms with Crippen molar-refractivity contribution < 1.29 is 18.7 Å². The summed E-state index contributed by atoms with van der Waals surface area (Å²) in [5, 5.41) is 0. The van der Waals surface area contributed by atoms with Crippen LogP contribution in [0.25, 0.3) is 0 Å². The zero-order valence-corrected chi connectivity index (χ0v) is 11.2. The Hall–Kier alpha value is -1.97. The van der Waals surface area contributed by atoms with E-state index < -0.39 is 11.9 Å². The lowest BCUT2D eigenvalue weighted by Gasteiger charge is -2.28. The van der Waals surface area contributed by atoms with Gasteiger partial charge in [-0.05, 0) is 37.1 Å².